The Hall–Kier alpha value is -2.17. The maximum Gasteiger partial charge on any atom is 0.159 e. The molecule has 2 saturated carbocycles. The summed E-state index contributed by atoms with van der Waals surface area (Å²) in [6.45, 7) is 6.62. The fourth-order valence-corrected chi connectivity index (χ4v) is 5.34. The highest BCUT2D eigenvalue weighted by molar-refractivity contribution is 6.00. The van der Waals surface area contributed by atoms with Crippen LogP contribution in [-0.4, -0.2) is 49.1 Å². The van der Waals surface area contributed by atoms with Gasteiger partial charge in [0.05, 0.1) is 12.9 Å². The van der Waals surface area contributed by atoms with E-state index in [1.165, 1.54) is 31.4 Å². The molecule has 3 aliphatic rings. The molecular weight excluding hydrogens is 410 g/mol. The molecule has 0 radical (unpaired) electrons. The number of hydrogen-bond donors (Lipinski definition) is 1. The maximum atomic E-state index is 12.9. The second-order valence-electron chi connectivity index (χ2n) is 9.83. The Morgan fingerprint density at radius 2 is 1.82 bits per heavy atom. The maximum absolute atomic E-state index is 12.9. The molecule has 33 heavy (non-hydrogen) atoms. The van der Waals surface area contributed by atoms with Crippen LogP contribution in [0.25, 0.3) is 6.08 Å². The number of aliphatic hydroxyl groups excluding tert-OH is 1. The van der Waals surface area contributed by atoms with Crippen molar-refractivity contribution in [2.45, 2.75) is 58.4 Å². The number of hydrogen-bond acceptors (Lipinski definition) is 4. The molecule has 4 heteroatoms. The second-order valence-corrected chi connectivity index (χ2v) is 9.83. The number of aliphatic hydroxyl groups is 1. The van der Waals surface area contributed by atoms with Gasteiger partial charge in [0.2, 0.25) is 0 Å². The minimum absolute atomic E-state index is 0.366. The van der Waals surface area contributed by atoms with Gasteiger partial charge in [0.15, 0.2) is 5.78 Å². The molecule has 180 valence electrons. The molecule has 4 nitrogen and oxygen atoms in total. The van der Waals surface area contributed by atoms with E-state index < -0.39 is 0 Å². The van der Waals surface area contributed by atoms with Gasteiger partial charge in [-0.25, -0.2) is 0 Å². The van der Waals surface area contributed by atoms with Gasteiger partial charge in [0, 0.05) is 26.1 Å². The SMILES string of the molecule is CO.CO/C(C)=C/C=C(\C)CC1C2C/C(=C\c3ccccc3)C(=O)CC2CCN1CC1CC1. The minimum atomic E-state index is 0.366. The van der Waals surface area contributed by atoms with Crippen LogP contribution in [0, 0.1) is 17.8 Å². The van der Waals surface area contributed by atoms with E-state index in [0.717, 1.165) is 55.7 Å². The first-order valence-electron chi connectivity index (χ1n) is 12.4. The van der Waals surface area contributed by atoms with E-state index in [4.69, 9.17) is 9.84 Å². The van der Waals surface area contributed by atoms with Gasteiger partial charge < -0.3 is 9.84 Å². The van der Waals surface area contributed by atoms with E-state index in [0.29, 0.717) is 23.7 Å². The highest BCUT2D eigenvalue weighted by Gasteiger charge is 2.43. The van der Waals surface area contributed by atoms with E-state index in [2.05, 4.69) is 42.2 Å². The van der Waals surface area contributed by atoms with Crippen LogP contribution in [0.4, 0.5) is 0 Å². The zero-order valence-corrected chi connectivity index (χ0v) is 20.8. The van der Waals surface area contributed by atoms with Crippen molar-refractivity contribution in [1.82, 2.24) is 4.90 Å². The Morgan fingerprint density at radius 3 is 2.48 bits per heavy atom. The lowest BCUT2D eigenvalue weighted by Crippen LogP contribution is -2.52. The van der Waals surface area contributed by atoms with Crippen molar-refractivity contribution in [1.29, 1.82) is 0 Å². The van der Waals surface area contributed by atoms with Crippen LogP contribution >= 0.6 is 0 Å². The van der Waals surface area contributed by atoms with Crippen molar-refractivity contribution < 1.29 is 14.6 Å². The van der Waals surface area contributed by atoms with E-state index in [-0.39, 0.29) is 0 Å². The zero-order chi connectivity index (χ0) is 23.8. The van der Waals surface area contributed by atoms with Crippen molar-refractivity contribution in [2.75, 3.05) is 27.3 Å². The van der Waals surface area contributed by atoms with Crippen molar-refractivity contribution in [2.24, 2.45) is 17.8 Å². The lowest BCUT2D eigenvalue weighted by Gasteiger charge is -2.48. The molecule has 1 N–H and O–H groups in total. The summed E-state index contributed by atoms with van der Waals surface area (Å²) in [5.41, 5.74) is 3.57. The summed E-state index contributed by atoms with van der Waals surface area (Å²) in [5, 5.41) is 7.00. The third-order valence-corrected chi connectivity index (χ3v) is 7.40. The molecule has 1 saturated heterocycles. The smallest absolute Gasteiger partial charge is 0.159 e. The quantitative estimate of drug-likeness (QED) is 0.331. The van der Waals surface area contributed by atoms with Crippen molar-refractivity contribution in [3.05, 3.63) is 65.0 Å². The topological polar surface area (TPSA) is 49.8 Å². The molecule has 0 aromatic heterocycles. The number of ketones is 1. The first kappa shape index (κ1) is 25.5. The summed E-state index contributed by atoms with van der Waals surface area (Å²) < 4.78 is 5.30. The lowest BCUT2D eigenvalue weighted by atomic mass is 9.67. The molecule has 0 spiro atoms. The molecule has 2 aliphatic carbocycles. The Balaban J connectivity index is 0.00000149. The summed E-state index contributed by atoms with van der Waals surface area (Å²) in [7, 11) is 2.72. The Labute approximate surface area is 200 Å². The molecule has 3 atom stereocenters. The van der Waals surface area contributed by atoms with Crippen molar-refractivity contribution in [3.63, 3.8) is 0 Å². The molecule has 3 unspecified atom stereocenters. The van der Waals surface area contributed by atoms with Gasteiger partial charge in [-0.2, -0.15) is 0 Å². The molecule has 4 rings (SSSR count). The number of Topliss-reactive ketones (excluding diaryl/α,β-unsaturated/α-hetero) is 1. The number of methoxy groups -OCH3 is 1. The van der Waals surface area contributed by atoms with Crippen LogP contribution in [0.5, 0.6) is 0 Å². The normalized spacial score (nSPS) is 27.6. The predicted molar refractivity (Wildman–Crippen MR) is 136 cm³/mol. The molecule has 3 fully saturated rings. The summed E-state index contributed by atoms with van der Waals surface area (Å²) in [6, 6.07) is 10.9. The molecule has 1 aromatic carbocycles. The van der Waals surface area contributed by atoms with Gasteiger partial charge in [-0.15, -0.1) is 0 Å². The zero-order valence-electron chi connectivity index (χ0n) is 20.8. The van der Waals surface area contributed by atoms with Crippen molar-refractivity contribution >= 4 is 11.9 Å². The van der Waals surface area contributed by atoms with Crippen LogP contribution in [0.3, 0.4) is 0 Å². The number of carbonyl (C=O) groups excluding carboxylic acids is 1. The molecule has 1 aliphatic heterocycles. The summed E-state index contributed by atoms with van der Waals surface area (Å²) in [5.74, 6) is 3.29. The third-order valence-electron chi connectivity index (χ3n) is 7.40. The Bertz CT molecular complexity index is 866. The largest absolute Gasteiger partial charge is 0.501 e. The monoisotopic (exact) mass is 451 g/mol. The van der Waals surface area contributed by atoms with Crippen molar-refractivity contribution in [3.8, 4) is 0 Å². The van der Waals surface area contributed by atoms with Crippen LogP contribution in [0.1, 0.15) is 57.9 Å². The average Bonchev–Trinajstić information content (AvgIpc) is 3.66. The standard InChI is InChI=1S/C28H37NO2.CH4O/c1-20(9-10-21(2)31-3)15-27-26-17-25(16-22-7-5-4-6-8-22)28(30)18-24(26)13-14-29(27)19-23-11-12-23;1-2/h4-10,16,23-24,26-27H,11-15,17-19H2,1-3H3;2H,1H3/b20-9+,21-10+,25-16+;. The molecule has 0 bridgehead atoms. The van der Waals surface area contributed by atoms with Crippen LogP contribution in [0.15, 0.2) is 59.4 Å². The average molecular weight is 452 g/mol. The first-order chi connectivity index (χ1) is 16.0. The molecule has 1 heterocycles. The third kappa shape index (κ3) is 7.15. The highest BCUT2D eigenvalue weighted by atomic mass is 16.5. The number of carbonyl (C=O) groups is 1. The Kier molecular flexibility index (Phi) is 9.52. The van der Waals surface area contributed by atoms with Gasteiger partial charge in [-0.3, -0.25) is 9.69 Å². The number of fused-ring (bicyclic) bond motifs is 1. The lowest BCUT2D eigenvalue weighted by molar-refractivity contribution is -0.120. The minimum Gasteiger partial charge on any atom is -0.501 e. The van der Waals surface area contributed by atoms with E-state index in [9.17, 15) is 4.79 Å². The number of nitrogens with zero attached hydrogens (tertiary/aromatic N) is 1. The van der Waals surface area contributed by atoms with Gasteiger partial charge in [0.25, 0.3) is 0 Å². The van der Waals surface area contributed by atoms with Crippen LogP contribution in [-0.2, 0) is 9.53 Å². The summed E-state index contributed by atoms with van der Waals surface area (Å²) in [6.07, 6.45) is 13.1. The number of piperidine rings is 1. The molecular formula is C29H41NO3. The summed E-state index contributed by atoms with van der Waals surface area (Å²) in [4.78, 5) is 15.7. The summed E-state index contributed by atoms with van der Waals surface area (Å²) >= 11 is 0. The number of likely N-dealkylation sites (tertiary alicyclic amines) is 1. The fraction of sp³-hybridized carbons (Fsp3) is 0.552. The van der Waals surface area contributed by atoms with Gasteiger partial charge in [-0.1, -0.05) is 42.0 Å². The second kappa shape index (κ2) is 12.3. The van der Waals surface area contributed by atoms with E-state index >= 15 is 0 Å². The molecule has 1 aromatic rings. The van der Waals surface area contributed by atoms with Crippen LogP contribution < -0.4 is 0 Å². The van der Waals surface area contributed by atoms with E-state index in [1.807, 2.05) is 25.1 Å². The molecule has 0 amide bonds. The van der Waals surface area contributed by atoms with E-state index in [1.54, 1.807) is 7.11 Å². The number of ether oxygens (including phenoxy) is 1. The van der Waals surface area contributed by atoms with Gasteiger partial charge in [-0.05, 0) is 93.5 Å². The first-order valence-corrected chi connectivity index (χ1v) is 12.4. The number of benzene rings is 1. The highest BCUT2D eigenvalue weighted by Crippen LogP contribution is 2.44. The predicted octanol–water partition coefficient (Wildman–Crippen LogP) is 5.64. The number of allylic oxidation sites excluding steroid dienone is 4. The fourth-order valence-electron chi connectivity index (χ4n) is 5.34. The van der Waals surface area contributed by atoms with Gasteiger partial charge in [0.1, 0.15) is 0 Å². The van der Waals surface area contributed by atoms with Crippen LogP contribution in [0.2, 0.25) is 0 Å². The van der Waals surface area contributed by atoms with Gasteiger partial charge >= 0.3 is 0 Å². The number of rotatable bonds is 7. The Morgan fingerprint density at radius 1 is 1.09 bits per heavy atom.